The largest absolute Gasteiger partial charge is 0.329 e. The summed E-state index contributed by atoms with van der Waals surface area (Å²) in [5.74, 6) is -0.194. The van der Waals surface area contributed by atoms with Gasteiger partial charge in [0.25, 0.3) is 0 Å². The van der Waals surface area contributed by atoms with E-state index in [0.29, 0.717) is 6.54 Å². The van der Waals surface area contributed by atoms with Crippen molar-refractivity contribution in [3.8, 4) is 0 Å². The number of nitrogens with two attached hydrogens (primary N) is 1. The predicted molar refractivity (Wildman–Crippen MR) is 68.8 cm³/mol. The number of rotatable bonds is 2. The van der Waals surface area contributed by atoms with Crippen molar-refractivity contribution in [2.24, 2.45) is 5.73 Å². The fraction of sp³-hybridized carbons (Fsp3) is 0.462. The molecular weight excluding hydrogens is 235 g/mol. The molecule has 1 aromatic heterocycles. The average Bonchev–Trinajstić information content (AvgIpc) is 2.94. The van der Waals surface area contributed by atoms with Crippen LogP contribution in [-0.2, 0) is 5.41 Å². The Morgan fingerprint density at radius 1 is 1.35 bits per heavy atom. The van der Waals surface area contributed by atoms with E-state index in [-0.39, 0.29) is 11.2 Å². The molecule has 2 nitrogen and oxygen atoms in total. The summed E-state index contributed by atoms with van der Waals surface area (Å²) in [6, 6.07) is 4.79. The number of thiazole rings is 1. The molecule has 0 spiro atoms. The zero-order valence-corrected chi connectivity index (χ0v) is 10.4. The van der Waals surface area contributed by atoms with Gasteiger partial charge in [-0.1, -0.05) is 12.8 Å². The number of nitrogens with zero attached hydrogens (tertiary/aromatic N) is 1. The molecule has 17 heavy (non-hydrogen) atoms. The molecule has 2 N–H and O–H groups in total. The first-order chi connectivity index (χ1) is 8.23. The van der Waals surface area contributed by atoms with Crippen molar-refractivity contribution in [2.75, 3.05) is 6.54 Å². The van der Waals surface area contributed by atoms with Crippen LogP contribution < -0.4 is 5.73 Å². The van der Waals surface area contributed by atoms with Crippen LogP contribution in [0.1, 0.15) is 30.7 Å². The maximum atomic E-state index is 13.2. The number of hydrogen-bond acceptors (Lipinski definition) is 3. The first-order valence-corrected chi connectivity index (χ1v) is 6.82. The lowest BCUT2D eigenvalue weighted by Crippen LogP contribution is -2.31. The van der Waals surface area contributed by atoms with Crippen LogP contribution in [0.3, 0.4) is 0 Å². The third-order valence-corrected chi connectivity index (χ3v) is 5.02. The molecule has 0 amide bonds. The van der Waals surface area contributed by atoms with Crippen molar-refractivity contribution in [1.29, 1.82) is 0 Å². The first-order valence-electron chi connectivity index (χ1n) is 6.00. The molecular formula is C13H15FN2S. The number of aromatic nitrogens is 1. The number of fused-ring (bicyclic) bond motifs is 1. The molecule has 1 aliphatic rings. The van der Waals surface area contributed by atoms with Crippen LogP contribution in [0, 0.1) is 5.82 Å². The normalized spacial score (nSPS) is 18.9. The second-order valence-electron chi connectivity index (χ2n) is 4.82. The molecule has 0 unspecified atom stereocenters. The molecule has 0 saturated heterocycles. The molecule has 1 fully saturated rings. The zero-order chi connectivity index (χ0) is 11.9. The monoisotopic (exact) mass is 250 g/mol. The van der Waals surface area contributed by atoms with Crippen LogP contribution in [0.5, 0.6) is 0 Å². The standard InChI is InChI=1S/C13H15FN2S/c14-9-3-4-10-11(7-9)17-12(16-10)13(8-15)5-1-2-6-13/h3-4,7H,1-2,5-6,8,15H2. The topological polar surface area (TPSA) is 38.9 Å². The fourth-order valence-electron chi connectivity index (χ4n) is 2.68. The summed E-state index contributed by atoms with van der Waals surface area (Å²) >= 11 is 1.60. The molecule has 1 aromatic carbocycles. The Morgan fingerprint density at radius 2 is 2.12 bits per heavy atom. The van der Waals surface area contributed by atoms with Crippen molar-refractivity contribution in [2.45, 2.75) is 31.1 Å². The highest BCUT2D eigenvalue weighted by Crippen LogP contribution is 2.43. The van der Waals surface area contributed by atoms with E-state index in [0.717, 1.165) is 28.1 Å². The number of hydrogen-bond donors (Lipinski definition) is 1. The molecule has 0 bridgehead atoms. The van der Waals surface area contributed by atoms with E-state index in [1.165, 1.54) is 18.9 Å². The Kier molecular flexibility index (Phi) is 2.64. The Balaban J connectivity index is 2.11. The second kappa shape index (κ2) is 4.03. The van der Waals surface area contributed by atoms with Gasteiger partial charge in [-0.05, 0) is 31.0 Å². The molecule has 1 aliphatic carbocycles. The van der Waals surface area contributed by atoms with Gasteiger partial charge >= 0.3 is 0 Å². The van der Waals surface area contributed by atoms with Crippen molar-refractivity contribution in [3.05, 3.63) is 29.0 Å². The molecule has 1 saturated carbocycles. The van der Waals surface area contributed by atoms with Crippen LogP contribution in [0.15, 0.2) is 18.2 Å². The van der Waals surface area contributed by atoms with Gasteiger partial charge in [0.15, 0.2) is 0 Å². The van der Waals surface area contributed by atoms with Gasteiger partial charge in [-0.25, -0.2) is 9.37 Å². The smallest absolute Gasteiger partial charge is 0.124 e. The van der Waals surface area contributed by atoms with Gasteiger partial charge in [0.05, 0.1) is 10.2 Å². The highest BCUT2D eigenvalue weighted by molar-refractivity contribution is 7.18. The van der Waals surface area contributed by atoms with E-state index in [9.17, 15) is 4.39 Å². The van der Waals surface area contributed by atoms with Crippen molar-refractivity contribution < 1.29 is 4.39 Å². The second-order valence-corrected chi connectivity index (χ2v) is 5.85. The SMILES string of the molecule is NCC1(c2nc3ccc(F)cc3s2)CCCC1. The van der Waals surface area contributed by atoms with E-state index in [1.54, 1.807) is 23.5 Å². The van der Waals surface area contributed by atoms with Gasteiger partial charge in [0.2, 0.25) is 0 Å². The number of halogens is 1. The minimum Gasteiger partial charge on any atom is -0.329 e. The van der Waals surface area contributed by atoms with E-state index in [2.05, 4.69) is 4.98 Å². The minimum absolute atomic E-state index is 0.0557. The quantitative estimate of drug-likeness (QED) is 0.889. The van der Waals surface area contributed by atoms with Crippen LogP contribution in [0.4, 0.5) is 4.39 Å². The van der Waals surface area contributed by atoms with Crippen molar-refractivity contribution in [1.82, 2.24) is 4.98 Å². The Bertz CT molecular complexity index is 543. The van der Waals surface area contributed by atoms with Crippen LogP contribution in [-0.4, -0.2) is 11.5 Å². The minimum atomic E-state index is -0.194. The third kappa shape index (κ3) is 1.76. The van der Waals surface area contributed by atoms with Gasteiger partial charge in [-0.2, -0.15) is 0 Å². The molecule has 0 radical (unpaired) electrons. The van der Waals surface area contributed by atoms with Crippen molar-refractivity contribution in [3.63, 3.8) is 0 Å². The van der Waals surface area contributed by atoms with E-state index in [1.807, 2.05) is 0 Å². The fourth-order valence-corrected chi connectivity index (χ4v) is 3.93. The summed E-state index contributed by atoms with van der Waals surface area (Å²) in [6.45, 7) is 0.648. The lowest BCUT2D eigenvalue weighted by molar-refractivity contribution is 0.451. The highest BCUT2D eigenvalue weighted by Gasteiger charge is 2.37. The maximum Gasteiger partial charge on any atom is 0.124 e. The number of benzene rings is 1. The Morgan fingerprint density at radius 3 is 2.82 bits per heavy atom. The molecule has 2 aromatic rings. The summed E-state index contributed by atoms with van der Waals surface area (Å²) in [4.78, 5) is 4.65. The van der Waals surface area contributed by atoms with Gasteiger partial charge < -0.3 is 5.73 Å². The average molecular weight is 250 g/mol. The van der Waals surface area contributed by atoms with E-state index < -0.39 is 0 Å². The molecule has 1 heterocycles. The van der Waals surface area contributed by atoms with Crippen LogP contribution in [0.2, 0.25) is 0 Å². The zero-order valence-electron chi connectivity index (χ0n) is 9.58. The van der Waals surface area contributed by atoms with Crippen LogP contribution in [0.25, 0.3) is 10.2 Å². The summed E-state index contributed by atoms with van der Waals surface area (Å²) in [5.41, 5.74) is 6.90. The third-order valence-electron chi connectivity index (χ3n) is 3.76. The Hall–Kier alpha value is -1.000. The molecule has 3 rings (SSSR count). The Labute approximate surface area is 104 Å². The summed E-state index contributed by atoms with van der Waals surface area (Å²) in [7, 11) is 0. The maximum absolute atomic E-state index is 13.2. The molecule has 90 valence electrons. The summed E-state index contributed by atoms with van der Waals surface area (Å²) < 4.78 is 14.1. The first kappa shape index (κ1) is 11.1. The highest BCUT2D eigenvalue weighted by atomic mass is 32.1. The van der Waals surface area contributed by atoms with E-state index in [4.69, 9.17) is 5.73 Å². The van der Waals surface area contributed by atoms with E-state index >= 15 is 0 Å². The predicted octanol–water partition coefficient (Wildman–Crippen LogP) is 3.21. The van der Waals surface area contributed by atoms with Gasteiger partial charge in [-0.3, -0.25) is 0 Å². The van der Waals surface area contributed by atoms with Crippen molar-refractivity contribution >= 4 is 21.6 Å². The van der Waals surface area contributed by atoms with Gasteiger partial charge in [-0.15, -0.1) is 11.3 Å². The van der Waals surface area contributed by atoms with Crippen LogP contribution >= 0.6 is 11.3 Å². The molecule has 4 heteroatoms. The van der Waals surface area contributed by atoms with Gasteiger partial charge in [0, 0.05) is 12.0 Å². The summed E-state index contributed by atoms with van der Waals surface area (Å²) in [6.07, 6.45) is 4.68. The summed E-state index contributed by atoms with van der Waals surface area (Å²) in [5, 5.41) is 1.10. The molecule has 0 aliphatic heterocycles. The van der Waals surface area contributed by atoms with Gasteiger partial charge in [0.1, 0.15) is 10.8 Å². The lowest BCUT2D eigenvalue weighted by atomic mass is 9.87. The molecule has 0 atom stereocenters. The lowest BCUT2D eigenvalue weighted by Gasteiger charge is -2.23.